The Hall–Kier alpha value is -3.13. The number of tetrazole rings is 1. The van der Waals surface area contributed by atoms with Crippen LogP contribution in [0.5, 0.6) is 11.5 Å². The summed E-state index contributed by atoms with van der Waals surface area (Å²) in [6.45, 7) is 3.18. The molecule has 0 aliphatic carbocycles. The predicted octanol–water partition coefficient (Wildman–Crippen LogP) is 2.77. The summed E-state index contributed by atoms with van der Waals surface area (Å²) in [7, 11) is 0. The largest absolute Gasteiger partial charge is 0.454 e. The van der Waals surface area contributed by atoms with Crippen molar-refractivity contribution in [3.05, 3.63) is 53.1 Å². The summed E-state index contributed by atoms with van der Waals surface area (Å²) in [5, 5.41) is 12.9. The van der Waals surface area contributed by atoms with Gasteiger partial charge >= 0.3 is 0 Å². The Balaban J connectivity index is 1.43. The van der Waals surface area contributed by atoms with Crippen molar-refractivity contribution in [3.8, 4) is 22.9 Å². The number of fused-ring (bicyclic) bond motifs is 1. The fraction of sp³-hybridized carbons (Fsp3) is 0.263. The molecule has 0 fully saturated rings. The molecule has 0 radical (unpaired) electrons. The number of carbonyl (C=O) groups is 1. The second kappa shape index (κ2) is 7.85. The van der Waals surface area contributed by atoms with Gasteiger partial charge in [0.05, 0.1) is 0 Å². The monoisotopic (exact) mass is 399 g/mol. The first-order valence-corrected chi connectivity index (χ1v) is 9.20. The lowest BCUT2D eigenvalue weighted by atomic mass is 10.2. The third-order valence-electron chi connectivity index (χ3n) is 4.36. The number of ether oxygens (including phenoxy) is 2. The summed E-state index contributed by atoms with van der Waals surface area (Å²) >= 11 is 6.00. The number of benzene rings is 2. The van der Waals surface area contributed by atoms with Crippen LogP contribution in [0, 0.1) is 0 Å². The molecular formula is C19H18ClN5O3. The summed E-state index contributed by atoms with van der Waals surface area (Å²) in [5.74, 6) is 1.74. The number of hydrogen-bond acceptors (Lipinski definition) is 6. The summed E-state index contributed by atoms with van der Waals surface area (Å²) in [6, 6.07) is 12.8. The van der Waals surface area contributed by atoms with Gasteiger partial charge in [-0.15, -0.1) is 10.2 Å². The van der Waals surface area contributed by atoms with Crippen LogP contribution < -0.4 is 9.47 Å². The van der Waals surface area contributed by atoms with E-state index in [0.717, 1.165) is 16.9 Å². The molecule has 0 N–H and O–H groups in total. The highest BCUT2D eigenvalue weighted by atomic mass is 35.5. The number of hydrogen-bond donors (Lipinski definition) is 0. The molecule has 0 atom stereocenters. The fourth-order valence-corrected chi connectivity index (χ4v) is 3.10. The smallest absolute Gasteiger partial charge is 0.246 e. The Morgan fingerprint density at radius 3 is 2.89 bits per heavy atom. The number of nitrogens with zero attached hydrogens (tertiary/aromatic N) is 5. The summed E-state index contributed by atoms with van der Waals surface area (Å²) in [6.07, 6.45) is 0. The quantitative estimate of drug-likeness (QED) is 0.634. The van der Waals surface area contributed by atoms with Crippen LogP contribution in [0.15, 0.2) is 42.5 Å². The molecule has 0 saturated carbocycles. The van der Waals surface area contributed by atoms with Gasteiger partial charge in [0.25, 0.3) is 0 Å². The average molecular weight is 400 g/mol. The third kappa shape index (κ3) is 3.91. The normalized spacial score (nSPS) is 12.2. The number of aromatic nitrogens is 4. The van der Waals surface area contributed by atoms with E-state index in [1.807, 2.05) is 37.3 Å². The van der Waals surface area contributed by atoms with Crippen molar-refractivity contribution in [3.63, 3.8) is 0 Å². The second-order valence-electron chi connectivity index (χ2n) is 6.25. The zero-order valence-corrected chi connectivity index (χ0v) is 16.0. The summed E-state index contributed by atoms with van der Waals surface area (Å²) < 4.78 is 10.7. The second-order valence-corrected chi connectivity index (χ2v) is 6.69. The molecule has 8 nitrogen and oxygen atoms in total. The first kappa shape index (κ1) is 18.2. The molecule has 0 spiro atoms. The van der Waals surface area contributed by atoms with E-state index in [-0.39, 0.29) is 19.2 Å². The highest BCUT2D eigenvalue weighted by Gasteiger charge is 2.18. The highest BCUT2D eigenvalue weighted by molar-refractivity contribution is 6.30. The van der Waals surface area contributed by atoms with Gasteiger partial charge in [-0.1, -0.05) is 29.8 Å². The Morgan fingerprint density at radius 1 is 1.21 bits per heavy atom. The van der Waals surface area contributed by atoms with E-state index in [2.05, 4.69) is 15.4 Å². The maximum Gasteiger partial charge on any atom is 0.246 e. The van der Waals surface area contributed by atoms with Gasteiger partial charge in [0.15, 0.2) is 11.5 Å². The molecule has 0 unspecified atom stereocenters. The molecule has 2 heterocycles. The molecule has 1 aromatic heterocycles. The van der Waals surface area contributed by atoms with Gasteiger partial charge in [0, 0.05) is 23.7 Å². The minimum atomic E-state index is -0.102. The van der Waals surface area contributed by atoms with E-state index in [0.29, 0.717) is 29.7 Å². The van der Waals surface area contributed by atoms with Crippen LogP contribution >= 0.6 is 11.6 Å². The maximum absolute atomic E-state index is 12.7. The van der Waals surface area contributed by atoms with Crippen molar-refractivity contribution >= 4 is 17.5 Å². The van der Waals surface area contributed by atoms with Crippen molar-refractivity contribution < 1.29 is 14.3 Å². The molecular weight excluding hydrogens is 382 g/mol. The highest BCUT2D eigenvalue weighted by Crippen LogP contribution is 2.32. The number of rotatable bonds is 6. The van der Waals surface area contributed by atoms with Gasteiger partial charge in [-0.05, 0) is 42.0 Å². The standard InChI is InChI=1S/C19H18ClN5O3/c1-2-24(10-13-6-7-16-17(8-13)28-12-27-16)18(26)11-25-22-19(21-23-25)14-4-3-5-15(20)9-14/h3-9H,2,10-12H2,1H3. The Bertz CT molecular complexity index is 1010. The molecule has 4 rings (SSSR count). The molecule has 28 heavy (non-hydrogen) atoms. The van der Waals surface area contributed by atoms with E-state index >= 15 is 0 Å². The third-order valence-corrected chi connectivity index (χ3v) is 4.59. The molecule has 0 bridgehead atoms. The number of amides is 1. The number of likely N-dealkylation sites (N-methyl/N-ethyl adjacent to an activating group) is 1. The van der Waals surface area contributed by atoms with Crippen molar-refractivity contribution in [2.24, 2.45) is 0 Å². The van der Waals surface area contributed by atoms with E-state index < -0.39 is 0 Å². The Kier molecular flexibility index (Phi) is 5.12. The molecule has 0 saturated heterocycles. The number of halogens is 1. The minimum Gasteiger partial charge on any atom is -0.454 e. The lowest BCUT2D eigenvalue weighted by molar-refractivity contribution is -0.132. The number of carbonyl (C=O) groups excluding carboxylic acids is 1. The molecule has 3 aromatic rings. The lowest BCUT2D eigenvalue weighted by Gasteiger charge is -2.20. The topological polar surface area (TPSA) is 82.4 Å². The summed E-state index contributed by atoms with van der Waals surface area (Å²) in [4.78, 5) is 15.7. The molecule has 2 aromatic carbocycles. The van der Waals surface area contributed by atoms with E-state index in [4.69, 9.17) is 21.1 Å². The van der Waals surface area contributed by atoms with Gasteiger partial charge in [0.1, 0.15) is 6.54 Å². The van der Waals surface area contributed by atoms with Gasteiger partial charge in [-0.25, -0.2) is 0 Å². The van der Waals surface area contributed by atoms with Crippen molar-refractivity contribution in [2.75, 3.05) is 13.3 Å². The van der Waals surface area contributed by atoms with Crippen LogP contribution in [0.1, 0.15) is 12.5 Å². The zero-order chi connectivity index (χ0) is 19.5. The minimum absolute atomic E-state index is 0.00591. The fourth-order valence-electron chi connectivity index (χ4n) is 2.91. The first-order chi connectivity index (χ1) is 13.6. The Labute approximate surface area is 166 Å². The van der Waals surface area contributed by atoms with Crippen molar-refractivity contribution in [2.45, 2.75) is 20.0 Å². The zero-order valence-electron chi connectivity index (χ0n) is 15.2. The van der Waals surface area contributed by atoms with Crippen LogP contribution in [-0.2, 0) is 17.9 Å². The average Bonchev–Trinajstić information content (AvgIpc) is 3.35. The Morgan fingerprint density at radius 2 is 2.07 bits per heavy atom. The predicted molar refractivity (Wildman–Crippen MR) is 102 cm³/mol. The van der Waals surface area contributed by atoms with Gasteiger partial charge in [-0.2, -0.15) is 4.80 Å². The van der Waals surface area contributed by atoms with E-state index in [1.165, 1.54) is 4.80 Å². The van der Waals surface area contributed by atoms with E-state index in [9.17, 15) is 4.79 Å². The van der Waals surface area contributed by atoms with Crippen molar-refractivity contribution in [1.82, 2.24) is 25.1 Å². The van der Waals surface area contributed by atoms with Crippen molar-refractivity contribution in [1.29, 1.82) is 0 Å². The van der Waals surface area contributed by atoms with Crippen LogP contribution in [0.3, 0.4) is 0 Å². The van der Waals surface area contributed by atoms with Gasteiger partial charge in [0.2, 0.25) is 18.5 Å². The molecule has 144 valence electrons. The van der Waals surface area contributed by atoms with E-state index in [1.54, 1.807) is 17.0 Å². The molecule has 1 aliphatic rings. The SMILES string of the molecule is CCN(Cc1ccc2c(c1)OCO2)C(=O)Cn1nnc(-c2cccc(Cl)c2)n1. The molecule has 1 aliphatic heterocycles. The van der Waals surface area contributed by atoms with Gasteiger partial charge in [-0.3, -0.25) is 4.79 Å². The van der Waals surface area contributed by atoms with Gasteiger partial charge < -0.3 is 14.4 Å². The van der Waals surface area contributed by atoms with Crippen LogP contribution in [-0.4, -0.2) is 44.4 Å². The maximum atomic E-state index is 12.7. The van der Waals surface area contributed by atoms with Crippen LogP contribution in [0.2, 0.25) is 5.02 Å². The van der Waals surface area contributed by atoms with Crippen LogP contribution in [0.4, 0.5) is 0 Å². The summed E-state index contributed by atoms with van der Waals surface area (Å²) in [5.41, 5.74) is 1.71. The molecule has 1 amide bonds. The lowest BCUT2D eigenvalue weighted by Crippen LogP contribution is -2.33. The molecule has 9 heteroatoms. The van der Waals surface area contributed by atoms with Crippen LogP contribution in [0.25, 0.3) is 11.4 Å². The first-order valence-electron chi connectivity index (χ1n) is 8.82.